The third kappa shape index (κ3) is 4.51. The van der Waals surface area contributed by atoms with Gasteiger partial charge in [-0.05, 0) is 51.6 Å². The summed E-state index contributed by atoms with van der Waals surface area (Å²) in [7, 11) is 0. The standard InChI is InChI=1S/C27H18BrNO5/c28-21-9-3-4-11-23(21)34-25-15-33-24-14-18(12-13-20(24)27(25)31)32-16-26(30)29-22-10-5-7-17-6-1-2-8-19(17)22/h1-15H,16H2,(H,29,30). The van der Waals surface area contributed by atoms with E-state index in [9.17, 15) is 9.59 Å². The van der Waals surface area contributed by atoms with E-state index in [-0.39, 0.29) is 23.7 Å². The number of fused-ring (bicyclic) bond motifs is 2. The second kappa shape index (κ2) is 9.41. The fourth-order valence-corrected chi connectivity index (χ4v) is 3.93. The van der Waals surface area contributed by atoms with Crippen LogP contribution in [0.4, 0.5) is 5.69 Å². The van der Waals surface area contributed by atoms with E-state index in [1.165, 1.54) is 6.26 Å². The maximum Gasteiger partial charge on any atom is 0.262 e. The molecule has 0 aliphatic heterocycles. The molecule has 0 unspecified atom stereocenters. The highest BCUT2D eigenvalue weighted by Crippen LogP contribution is 2.29. The molecule has 1 amide bonds. The van der Waals surface area contributed by atoms with Gasteiger partial charge in [-0.2, -0.15) is 0 Å². The molecule has 1 aromatic heterocycles. The van der Waals surface area contributed by atoms with Crippen LogP contribution in [-0.4, -0.2) is 12.5 Å². The topological polar surface area (TPSA) is 77.8 Å². The summed E-state index contributed by atoms with van der Waals surface area (Å²) in [5.74, 6) is 0.687. The number of carbonyl (C=O) groups excluding carboxylic acids is 1. The summed E-state index contributed by atoms with van der Waals surface area (Å²) in [5.41, 5.74) is 0.738. The number of para-hydroxylation sites is 1. The van der Waals surface area contributed by atoms with Gasteiger partial charge in [-0.15, -0.1) is 0 Å². The molecule has 7 heteroatoms. The van der Waals surface area contributed by atoms with Gasteiger partial charge in [0.15, 0.2) is 6.61 Å². The minimum atomic E-state index is -0.308. The van der Waals surface area contributed by atoms with Crippen LogP contribution in [0.15, 0.2) is 105 Å². The molecule has 0 aliphatic carbocycles. The summed E-state index contributed by atoms with van der Waals surface area (Å²) in [6.07, 6.45) is 1.26. The van der Waals surface area contributed by atoms with Gasteiger partial charge in [0.25, 0.3) is 5.91 Å². The molecule has 0 bridgehead atoms. The van der Waals surface area contributed by atoms with Gasteiger partial charge >= 0.3 is 0 Å². The zero-order valence-corrected chi connectivity index (χ0v) is 19.4. The molecular weight excluding hydrogens is 498 g/mol. The number of halogens is 1. The molecular formula is C27H18BrNO5. The molecule has 0 fully saturated rings. The number of hydrogen-bond donors (Lipinski definition) is 1. The number of hydrogen-bond acceptors (Lipinski definition) is 5. The summed E-state index contributed by atoms with van der Waals surface area (Å²) in [5, 5.41) is 5.21. The Kier molecular flexibility index (Phi) is 6.01. The quantitative estimate of drug-likeness (QED) is 0.278. The fourth-order valence-electron chi connectivity index (χ4n) is 3.57. The van der Waals surface area contributed by atoms with Crippen molar-refractivity contribution in [2.24, 2.45) is 0 Å². The van der Waals surface area contributed by atoms with Crippen LogP contribution in [0.25, 0.3) is 21.7 Å². The molecule has 0 atom stereocenters. The first kappa shape index (κ1) is 21.7. The monoisotopic (exact) mass is 515 g/mol. The van der Waals surface area contributed by atoms with E-state index < -0.39 is 0 Å². The average molecular weight is 516 g/mol. The Morgan fingerprint density at radius 1 is 0.882 bits per heavy atom. The van der Waals surface area contributed by atoms with Crippen molar-refractivity contribution in [2.75, 3.05) is 11.9 Å². The smallest absolute Gasteiger partial charge is 0.262 e. The zero-order chi connectivity index (χ0) is 23.5. The van der Waals surface area contributed by atoms with Crippen molar-refractivity contribution in [2.45, 2.75) is 0 Å². The highest BCUT2D eigenvalue weighted by atomic mass is 79.9. The molecule has 6 nitrogen and oxygen atoms in total. The van der Waals surface area contributed by atoms with Gasteiger partial charge < -0.3 is 19.2 Å². The Hall–Kier alpha value is -4.10. The molecule has 0 spiro atoms. The lowest BCUT2D eigenvalue weighted by Gasteiger charge is -2.10. The molecule has 168 valence electrons. The Bertz CT molecular complexity index is 1570. The normalized spacial score (nSPS) is 10.9. The van der Waals surface area contributed by atoms with Crippen LogP contribution in [0, 0.1) is 0 Å². The van der Waals surface area contributed by atoms with Crippen LogP contribution in [-0.2, 0) is 4.79 Å². The summed E-state index contributed by atoms with van der Waals surface area (Å²) >= 11 is 3.39. The van der Waals surface area contributed by atoms with Gasteiger partial charge in [0.05, 0.1) is 9.86 Å². The fraction of sp³-hybridized carbons (Fsp3) is 0.0370. The summed E-state index contributed by atoms with van der Waals surface area (Å²) < 4.78 is 17.7. The molecule has 5 aromatic rings. The van der Waals surface area contributed by atoms with Crippen molar-refractivity contribution < 1.29 is 18.7 Å². The Morgan fingerprint density at radius 2 is 1.68 bits per heavy atom. The van der Waals surface area contributed by atoms with Crippen LogP contribution in [0.5, 0.6) is 17.2 Å². The molecule has 0 saturated carbocycles. The Balaban J connectivity index is 1.29. The number of carbonyl (C=O) groups is 1. The van der Waals surface area contributed by atoms with Gasteiger partial charge in [-0.25, -0.2) is 0 Å². The minimum absolute atomic E-state index is 0.0718. The first-order valence-electron chi connectivity index (χ1n) is 10.5. The first-order valence-corrected chi connectivity index (χ1v) is 11.3. The predicted octanol–water partition coefficient (Wildman–Crippen LogP) is 6.52. The van der Waals surface area contributed by atoms with E-state index in [0.717, 1.165) is 15.2 Å². The molecule has 4 aromatic carbocycles. The van der Waals surface area contributed by atoms with Crippen molar-refractivity contribution in [1.82, 2.24) is 0 Å². The summed E-state index contributed by atoms with van der Waals surface area (Å²) in [6.45, 7) is -0.192. The van der Waals surface area contributed by atoms with Crippen molar-refractivity contribution in [3.05, 3.63) is 106 Å². The lowest BCUT2D eigenvalue weighted by atomic mass is 10.1. The van der Waals surface area contributed by atoms with Gasteiger partial charge in [0.1, 0.15) is 23.3 Å². The predicted molar refractivity (Wildman–Crippen MR) is 135 cm³/mol. The lowest BCUT2D eigenvalue weighted by molar-refractivity contribution is -0.118. The maximum absolute atomic E-state index is 12.8. The van der Waals surface area contributed by atoms with Crippen LogP contribution >= 0.6 is 15.9 Å². The molecule has 0 radical (unpaired) electrons. The van der Waals surface area contributed by atoms with Gasteiger partial charge in [0, 0.05) is 17.1 Å². The molecule has 1 N–H and O–H groups in total. The van der Waals surface area contributed by atoms with Crippen molar-refractivity contribution in [3.8, 4) is 17.2 Å². The number of ether oxygens (including phenoxy) is 2. The molecule has 34 heavy (non-hydrogen) atoms. The second-order valence-electron chi connectivity index (χ2n) is 7.48. The van der Waals surface area contributed by atoms with Gasteiger partial charge in [0.2, 0.25) is 11.2 Å². The Labute approximate surface area is 202 Å². The van der Waals surface area contributed by atoms with E-state index in [2.05, 4.69) is 21.2 Å². The number of anilines is 1. The van der Waals surface area contributed by atoms with Crippen molar-refractivity contribution in [1.29, 1.82) is 0 Å². The largest absolute Gasteiger partial charge is 0.484 e. The third-order valence-electron chi connectivity index (χ3n) is 5.20. The number of rotatable bonds is 6. The maximum atomic E-state index is 12.8. The lowest BCUT2D eigenvalue weighted by Crippen LogP contribution is -2.20. The minimum Gasteiger partial charge on any atom is -0.484 e. The van der Waals surface area contributed by atoms with Gasteiger partial charge in [-0.3, -0.25) is 9.59 Å². The molecule has 0 saturated heterocycles. The molecule has 0 aliphatic rings. The van der Waals surface area contributed by atoms with E-state index in [1.54, 1.807) is 24.3 Å². The number of nitrogens with one attached hydrogen (secondary N) is 1. The van der Waals surface area contributed by atoms with Crippen LogP contribution < -0.4 is 20.2 Å². The van der Waals surface area contributed by atoms with E-state index in [1.807, 2.05) is 60.7 Å². The summed E-state index contributed by atoms with van der Waals surface area (Å²) in [4.78, 5) is 25.3. The van der Waals surface area contributed by atoms with Crippen LogP contribution in [0.3, 0.4) is 0 Å². The molecule has 5 rings (SSSR count). The summed E-state index contributed by atoms with van der Waals surface area (Å²) in [6, 6.07) is 25.5. The molecule has 1 heterocycles. The van der Waals surface area contributed by atoms with Crippen molar-refractivity contribution >= 4 is 49.3 Å². The van der Waals surface area contributed by atoms with Crippen LogP contribution in [0.2, 0.25) is 0 Å². The number of amides is 1. The highest BCUT2D eigenvalue weighted by molar-refractivity contribution is 9.10. The number of benzene rings is 4. The highest BCUT2D eigenvalue weighted by Gasteiger charge is 2.12. The first-order chi connectivity index (χ1) is 16.6. The zero-order valence-electron chi connectivity index (χ0n) is 17.8. The van der Waals surface area contributed by atoms with E-state index in [0.29, 0.717) is 28.2 Å². The van der Waals surface area contributed by atoms with E-state index in [4.69, 9.17) is 13.9 Å². The SMILES string of the molecule is O=C(COc1ccc2c(=O)c(Oc3ccccc3Br)coc2c1)Nc1cccc2ccccc12. The second-order valence-corrected chi connectivity index (χ2v) is 8.34. The third-order valence-corrected chi connectivity index (χ3v) is 5.86. The van der Waals surface area contributed by atoms with Crippen molar-refractivity contribution in [3.63, 3.8) is 0 Å². The Morgan fingerprint density at radius 3 is 2.56 bits per heavy atom. The van der Waals surface area contributed by atoms with Crippen LogP contribution in [0.1, 0.15) is 0 Å². The average Bonchev–Trinajstić information content (AvgIpc) is 2.86. The van der Waals surface area contributed by atoms with E-state index >= 15 is 0 Å². The van der Waals surface area contributed by atoms with Gasteiger partial charge in [-0.1, -0.05) is 48.5 Å².